The van der Waals surface area contributed by atoms with Crippen LogP contribution in [0.1, 0.15) is 77.6 Å². The third-order valence-corrected chi connectivity index (χ3v) is 7.36. The van der Waals surface area contributed by atoms with Crippen LogP contribution >= 0.6 is 0 Å². The smallest absolute Gasteiger partial charge is 0.407 e. The molecule has 0 atom stereocenters. The lowest BCUT2D eigenvalue weighted by Gasteiger charge is -2.44. The fraction of sp³-hybridized carbons (Fsp3) is 0.586. The first kappa shape index (κ1) is 28.6. The summed E-state index contributed by atoms with van der Waals surface area (Å²) in [5.41, 5.74) is 1.26. The van der Waals surface area contributed by atoms with Gasteiger partial charge in [-0.15, -0.1) is 0 Å². The van der Waals surface area contributed by atoms with Crippen LogP contribution in [0.2, 0.25) is 0 Å². The van der Waals surface area contributed by atoms with Crippen molar-refractivity contribution in [1.29, 1.82) is 0 Å². The zero-order chi connectivity index (χ0) is 28.3. The molecule has 9 nitrogen and oxygen atoms in total. The van der Waals surface area contributed by atoms with Gasteiger partial charge >= 0.3 is 6.09 Å². The Morgan fingerprint density at radius 1 is 1.15 bits per heavy atom. The van der Waals surface area contributed by atoms with Gasteiger partial charge in [-0.2, -0.15) is 0 Å². The van der Waals surface area contributed by atoms with Gasteiger partial charge in [0.25, 0.3) is 5.91 Å². The van der Waals surface area contributed by atoms with Gasteiger partial charge in [-0.3, -0.25) is 4.79 Å². The van der Waals surface area contributed by atoms with Gasteiger partial charge in [0.1, 0.15) is 23.4 Å². The number of hydrogen-bond acceptors (Lipinski definition) is 7. The van der Waals surface area contributed by atoms with Crippen LogP contribution in [-0.2, 0) is 4.74 Å². The number of fused-ring (bicyclic) bond motifs is 1. The SMILES string of the molecule is CCN(C(=O)c1cc(F)ccc1N1CCN(C2CCC(NC(=O)OC(C)(C)C)CC2)c2ncncc21)C(C)C. The Bertz CT molecular complexity index is 1180. The fourth-order valence-electron chi connectivity index (χ4n) is 5.59. The molecule has 2 aromatic rings. The quantitative estimate of drug-likeness (QED) is 0.533. The van der Waals surface area contributed by atoms with E-state index in [1.165, 1.54) is 12.1 Å². The van der Waals surface area contributed by atoms with Gasteiger partial charge in [-0.1, -0.05) is 0 Å². The monoisotopic (exact) mass is 540 g/mol. The van der Waals surface area contributed by atoms with Crippen LogP contribution in [0.4, 0.5) is 26.4 Å². The maximum absolute atomic E-state index is 14.4. The molecule has 1 aromatic heterocycles. The van der Waals surface area contributed by atoms with E-state index in [0.29, 0.717) is 30.9 Å². The van der Waals surface area contributed by atoms with Gasteiger partial charge in [0.15, 0.2) is 5.82 Å². The van der Waals surface area contributed by atoms with Crippen molar-refractivity contribution < 1.29 is 18.7 Å². The molecule has 1 aliphatic heterocycles. The molecule has 1 N–H and O–H groups in total. The lowest BCUT2D eigenvalue weighted by Crippen LogP contribution is -2.49. The number of ether oxygens (including phenoxy) is 1. The molecular formula is C29H41FN6O3. The molecule has 2 amide bonds. The number of carbonyl (C=O) groups is 2. The van der Waals surface area contributed by atoms with Crippen LogP contribution in [0.5, 0.6) is 0 Å². The van der Waals surface area contributed by atoms with Gasteiger partial charge < -0.3 is 24.8 Å². The highest BCUT2D eigenvalue weighted by Crippen LogP contribution is 2.40. The van der Waals surface area contributed by atoms with Gasteiger partial charge in [-0.05, 0) is 85.4 Å². The summed E-state index contributed by atoms with van der Waals surface area (Å²) in [5.74, 6) is 0.166. The molecule has 10 heteroatoms. The van der Waals surface area contributed by atoms with Crippen LogP contribution in [0.15, 0.2) is 30.7 Å². The summed E-state index contributed by atoms with van der Waals surface area (Å²) in [7, 11) is 0. The van der Waals surface area contributed by atoms with Crippen molar-refractivity contribution in [2.24, 2.45) is 0 Å². The lowest BCUT2D eigenvalue weighted by molar-refractivity contribution is 0.0490. The number of halogens is 1. The number of rotatable bonds is 6. The number of benzene rings is 1. The first-order valence-corrected chi connectivity index (χ1v) is 13.9. The third kappa shape index (κ3) is 6.59. The highest BCUT2D eigenvalue weighted by molar-refractivity contribution is 6.01. The summed E-state index contributed by atoms with van der Waals surface area (Å²) in [5, 5.41) is 3.01. The minimum absolute atomic E-state index is 0.00831. The van der Waals surface area contributed by atoms with E-state index in [2.05, 4.69) is 20.2 Å². The standard InChI is InChI=1S/C29H41FN6O3/c1-7-34(19(2)3)27(37)23-16-20(30)8-13-24(23)36-15-14-35(26-25(36)17-31-18-32-26)22-11-9-21(10-12-22)33-28(38)39-29(4,5)6/h8,13,16-19,21-22H,7,9-12,14-15H2,1-6H3,(H,33,38). The number of amides is 2. The second-order valence-corrected chi connectivity index (χ2v) is 11.6. The molecule has 0 radical (unpaired) electrons. The predicted octanol–water partition coefficient (Wildman–Crippen LogP) is 5.28. The Morgan fingerprint density at radius 2 is 1.87 bits per heavy atom. The third-order valence-electron chi connectivity index (χ3n) is 7.36. The highest BCUT2D eigenvalue weighted by Gasteiger charge is 2.35. The lowest BCUT2D eigenvalue weighted by atomic mass is 9.89. The number of aromatic nitrogens is 2. The summed E-state index contributed by atoms with van der Waals surface area (Å²) in [6.45, 7) is 13.3. The summed E-state index contributed by atoms with van der Waals surface area (Å²) in [6, 6.07) is 4.74. The predicted molar refractivity (Wildman–Crippen MR) is 150 cm³/mol. The molecule has 0 unspecified atom stereocenters. The van der Waals surface area contributed by atoms with E-state index < -0.39 is 11.4 Å². The van der Waals surface area contributed by atoms with Gasteiger partial charge in [0.2, 0.25) is 0 Å². The average molecular weight is 541 g/mol. The molecule has 4 rings (SSSR count). The number of nitrogens with one attached hydrogen (secondary N) is 1. The molecule has 39 heavy (non-hydrogen) atoms. The molecule has 0 bridgehead atoms. The molecule has 2 heterocycles. The average Bonchev–Trinajstić information content (AvgIpc) is 2.88. The van der Waals surface area contributed by atoms with Gasteiger partial charge in [0.05, 0.1) is 17.4 Å². The first-order chi connectivity index (χ1) is 18.5. The van der Waals surface area contributed by atoms with Crippen LogP contribution in [0.3, 0.4) is 0 Å². The van der Waals surface area contributed by atoms with E-state index >= 15 is 0 Å². The molecular weight excluding hydrogens is 499 g/mol. The zero-order valence-corrected chi connectivity index (χ0v) is 23.9. The van der Waals surface area contributed by atoms with E-state index in [0.717, 1.165) is 37.2 Å². The van der Waals surface area contributed by atoms with Crippen molar-refractivity contribution in [2.75, 3.05) is 29.4 Å². The van der Waals surface area contributed by atoms with Crippen LogP contribution in [0.25, 0.3) is 0 Å². The van der Waals surface area contributed by atoms with E-state index in [9.17, 15) is 14.0 Å². The first-order valence-electron chi connectivity index (χ1n) is 13.9. The summed E-state index contributed by atoms with van der Waals surface area (Å²) < 4.78 is 19.8. The summed E-state index contributed by atoms with van der Waals surface area (Å²) >= 11 is 0. The van der Waals surface area contributed by atoms with Crippen molar-refractivity contribution in [3.8, 4) is 0 Å². The highest BCUT2D eigenvalue weighted by atomic mass is 19.1. The van der Waals surface area contributed by atoms with Crippen molar-refractivity contribution in [1.82, 2.24) is 20.2 Å². The molecule has 1 aromatic carbocycles. The number of alkyl carbamates (subject to hydrolysis) is 1. The summed E-state index contributed by atoms with van der Waals surface area (Å²) in [4.78, 5) is 40.7. The minimum Gasteiger partial charge on any atom is -0.444 e. The number of carbonyl (C=O) groups excluding carboxylic acids is 2. The van der Waals surface area contributed by atoms with Crippen molar-refractivity contribution in [2.45, 2.75) is 91.0 Å². The van der Waals surface area contributed by atoms with E-state index in [-0.39, 0.29) is 30.1 Å². The normalized spacial score (nSPS) is 19.5. The van der Waals surface area contributed by atoms with Crippen molar-refractivity contribution >= 4 is 29.2 Å². The van der Waals surface area contributed by atoms with Crippen LogP contribution < -0.4 is 15.1 Å². The van der Waals surface area contributed by atoms with Gasteiger partial charge in [0, 0.05) is 37.8 Å². The fourth-order valence-corrected chi connectivity index (χ4v) is 5.59. The second kappa shape index (κ2) is 11.8. The van der Waals surface area contributed by atoms with Crippen LogP contribution in [0, 0.1) is 5.82 Å². The van der Waals surface area contributed by atoms with Gasteiger partial charge in [-0.25, -0.2) is 19.2 Å². The Labute approximate surface area is 230 Å². The molecule has 0 saturated heterocycles. The number of hydrogen-bond donors (Lipinski definition) is 1. The van der Waals surface area contributed by atoms with Crippen LogP contribution in [-0.4, -0.2) is 70.2 Å². The number of nitrogens with zero attached hydrogens (tertiary/aromatic N) is 5. The molecule has 1 saturated carbocycles. The molecule has 1 fully saturated rings. The second-order valence-electron chi connectivity index (χ2n) is 11.6. The molecule has 2 aliphatic rings. The Hall–Kier alpha value is -3.43. The van der Waals surface area contributed by atoms with Crippen molar-refractivity contribution in [3.05, 3.63) is 42.1 Å². The molecule has 0 spiro atoms. The topological polar surface area (TPSA) is 90.9 Å². The maximum Gasteiger partial charge on any atom is 0.407 e. The van der Waals surface area contributed by atoms with E-state index in [1.807, 2.05) is 46.4 Å². The molecule has 1 aliphatic carbocycles. The minimum atomic E-state index is -0.525. The number of anilines is 3. The van der Waals surface area contributed by atoms with E-state index in [1.54, 1.807) is 23.5 Å². The molecule has 212 valence electrons. The zero-order valence-electron chi connectivity index (χ0n) is 23.9. The van der Waals surface area contributed by atoms with E-state index in [4.69, 9.17) is 4.74 Å². The van der Waals surface area contributed by atoms with Crippen molar-refractivity contribution in [3.63, 3.8) is 0 Å². The largest absolute Gasteiger partial charge is 0.444 e. The Morgan fingerprint density at radius 3 is 2.51 bits per heavy atom. The maximum atomic E-state index is 14.4. The Balaban J connectivity index is 1.53. The summed E-state index contributed by atoms with van der Waals surface area (Å²) in [6.07, 6.45) is 6.45. The Kier molecular flexibility index (Phi) is 8.61.